The number of pyridine rings is 1. The van der Waals surface area contributed by atoms with Gasteiger partial charge >= 0.3 is 18.2 Å². The molecule has 2 heterocycles. The molecule has 15 heteroatoms. The van der Waals surface area contributed by atoms with Crippen molar-refractivity contribution in [2.45, 2.75) is 24.4 Å². The van der Waals surface area contributed by atoms with Gasteiger partial charge in [0.2, 0.25) is 0 Å². The van der Waals surface area contributed by atoms with E-state index in [0.717, 1.165) is 29.2 Å². The largest absolute Gasteiger partial charge is 0.478 e. The van der Waals surface area contributed by atoms with Gasteiger partial charge in [0.25, 0.3) is 10.0 Å². The SMILES string of the molecule is CCc1c(C#N)c(N2CCN(C(=O)NS(=O)(=O)c3ccc(F)cc3)CC2)nc(C(F)(F)F)c1C(=O)O. The van der Waals surface area contributed by atoms with Crippen LogP contribution in [0.3, 0.4) is 0 Å². The molecule has 1 aliphatic rings. The minimum absolute atomic E-state index is 0.113. The number of rotatable bonds is 5. The van der Waals surface area contributed by atoms with Gasteiger partial charge in [0.1, 0.15) is 17.7 Å². The summed E-state index contributed by atoms with van der Waals surface area (Å²) in [5.41, 5.74) is -3.35. The Morgan fingerprint density at radius 2 is 1.75 bits per heavy atom. The summed E-state index contributed by atoms with van der Waals surface area (Å²) in [6, 6.07) is 4.51. The van der Waals surface area contributed by atoms with Crippen molar-refractivity contribution in [2.75, 3.05) is 31.1 Å². The Balaban J connectivity index is 1.84. The third-order valence-electron chi connectivity index (χ3n) is 5.44. The van der Waals surface area contributed by atoms with Crippen LogP contribution in [-0.2, 0) is 22.6 Å². The van der Waals surface area contributed by atoms with Gasteiger partial charge in [0.15, 0.2) is 5.69 Å². The van der Waals surface area contributed by atoms with E-state index in [-0.39, 0.29) is 54.4 Å². The van der Waals surface area contributed by atoms with E-state index in [1.807, 2.05) is 4.72 Å². The molecule has 192 valence electrons. The van der Waals surface area contributed by atoms with Gasteiger partial charge < -0.3 is 14.9 Å². The van der Waals surface area contributed by atoms with E-state index < -0.39 is 45.3 Å². The highest BCUT2D eigenvalue weighted by molar-refractivity contribution is 7.90. The summed E-state index contributed by atoms with van der Waals surface area (Å²) in [6.07, 6.45) is -5.27. The van der Waals surface area contributed by atoms with E-state index in [1.165, 1.54) is 11.8 Å². The molecule has 0 radical (unpaired) electrons. The number of nitriles is 1. The number of nitrogens with one attached hydrogen (secondary N) is 1. The predicted molar refractivity (Wildman–Crippen MR) is 116 cm³/mol. The Hall–Kier alpha value is -3.93. The molecule has 2 amide bonds. The molecule has 3 rings (SSSR count). The number of carbonyl (C=O) groups is 2. The first-order valence-corrected chi connectivity index (χ1v) is 11.9. The summed E-state index contributed by atoms with van der Waals surface area (Å²) in [7, 11) is -4.30. The molecule has 1 aromatic heterocycles. The molecule has 1 aromatic carbocycles. The molecule has 0 atom stereocenters. The van der Waals surface area contributed by atoms with Gasteiger partial charge in [-0.15, -0.1) is 0 Å². The van der Waals surface area contributed by atoms with Crippen LogP contribution in [0.25, 0.3) is 0 Å². The van der Waals surface area contributed by atoms with Crippen LogP contribution in [0.5, 0.6) is 0 Å². The zero-order valence-corrected chi connectivity index (χ0v) is 19.5. The summed E-state index contributed by atoms with van der Waals surface area (Å²) in [5, 5.41) is 19.0. The summed E-state index contributed by atoms with van der Waals surface area (Å²) in [6.45, 7) is 0.912. The minimum Gasteiger partial charge on any atom is -0.478 e. The number of sulfonamides is 1. The summed E-state index contributed by atoms with van der Waals surface area (Å²) >= 11 is 0. The van der Waals surface area contributed by atoms with Crippen LogP contribution in [0.4, 0.5) is 28.2 Å². The van der Waals surface area contributed by atoms with Crippen LogP contribution in [0.1, 0.15) is 34.1 Å². The van der Waals surface area contributed by atoms with E-state index >= 15 is 0 Å². The lowest BCUT2D eigenvalue weighted by Gasteiger charge is -2.36. The number of aromatic nitrogens is 1. The van der Waals surface area contributed by atoms with E-state index in [1.54, 1.807) is 6.07 Å². The standard InChI is InChI=1S/C21H19F4N5O5S/c1-2-14-15(11-26)18(27-17(21(23,24)25)16(14)19(31)32)29-7-9-30(10-8-29)20(33)28-36(34,35)13-5-3-12(22)4-6-13/h3-6H,2,7-10H2,1H3,(H,28,33)(H,31,32). The topological polar surface area (TPSA) is 144 Å². The Kier molecular flexibility index (Phi) is 7.39. The average Bonchev–Trinajstić information content (AvgIpc) is 2.81. The molecular weight excluding hydrogens is 510 g/mol. The maximum Gasteiger partial charge on any atom is 0.434 e. The van der Waals surface area contributed by atoms with Crippen LogP contribution >= 0.6 is 0 Å². The molecule has 1 saturated heterocycles. The number of urea groups is 1. The third kappa shape index (κ3) is 5.33. The normalized spacial score (nSPS) is 14.3. The number of benzene rings is 1. The van der Waals surface area contributed by atoms with Crippen molar-refractivity contribution in [3.63, 3.8) is 0 Å². The number of amides is 2. The smallest absolute Gasteiger partial charge is 0.434 e. The molecule has 36 heavy (non-hydrogen) atoms. The van der Waals surface area contributed by atoms with Crippen LogP contribution in [0.2, 0.25) is 0 Å². The molecule has 0 saturated carbocycles. The molecule has 0 bridgehead atoms. The number of carbonyl (C=O) groups excluding carboxylic acids is 1. The molecule has 1 aliphatic heterocycles. The molecule has 2 aromatic rings. The summed E-state index contributed by atoms with van der Waals surface area (Å²) in [5.74, 6) is -2.90. The van der Waals surface area contributed by atoms with Crippen LogP contribution in [0.15, 0.2) is 29.2 Å². The average molecular weight is 529 g/mol. The highest BCUT2D eigenvalue weighted by atomic mass is 32.2. The fraction of sp³-hybridized carbons (Fsp3) is 0.333. The predicted octanol–water partition coefficient (Wildman–Crippen LogP) is 2.59. The Morgan fingerprint density at radius 1 is 1.17 bits per heavy atom. The number of halogens is 4. The van der Waals surface area contributed by atoms with Crippen molar-refractivity contribution < 1.29 is 40.7 Å². The molecule has 0 unspecified atom stereocenters. The second kappa shape index (κ2) is 9.97. The number of anilines is 1. The lowest BCUT2D eigenvalue weighted by molar-refractivity contribution is -0.141. The van der Waals surface area contributed by atoms with Gasteiger partial charge in [0, 0.05) is 26.2 Å². The number of aromatic carboxylic acids is 1. The van der Waals surface area contributed by atoms with Crippen molar-refractivity contribution in [2.24, 2.45) is 0 Å². The van der Waals surface area contributed by atoms with Crippen LogP contribution in [0, 0.1) is 17.1 Å². The van der Waals surface area contributed by atoms with Crippen LogP contribution in [-0.4, -0.2) is 61.6 Å². The van der Waals surface area contributed by atoms with Crippen molar-refractivity contribution in [1.82, 2.24) is 14.6 Å². The van der Waals surface area contributed by atoms with Gasteiger partial charge in [-0.2, -0.15) is 18.4 Å². The van der Waals surface area contributed by atoms with E-state index in [0.29, 0.717) is 0 Å². The van der Waals surface area contributed by atoms with Crippen molar-refractivity contribution >= 4 is 27.8 Å². The Morgan fingerprint density at radius 3 is 2.22 bits per heavy atom. The molecule has 2 N–H and O–H groups in total. The first-order valence-electron chi connectivity index (χ1n) is 10.4. The van der Waals surface area contributed by atoms with E-state index in [4.69, 9.17) is 0 Å². The van der Waals surface area contributed by atoms with E-state index in [9.17, 15) is 45.9 Å². The summed E-state index contributed by atoms with van der Waals surface area (Å²) < 4.78 is 80.5. The monoisotopic (exact) mass is 529 g/mol. The lowest BCUT2D eigenvalue weighted by Crippen LogP contribution is -2.53. The number of carboxylic acid groups (broad SMARTS) is 1. The van der Waals surface area contributed by atoms with Gasteiger partial charge in [-0.25, -0.2) is 32.1 Å². The molecule has 0 aliphatic carbocycles. The lowest BCUT2D eigenvalue weighted by atomic mass is 9.97. The van der Waals surface area contributed by atoms with Gasteiger partial charge in [-0.05, 0) is 36.2 Å². The maximum atomic E-state index is 13.6. The molecular formula is C21H19F4N5O5S. The van der Waals surface area contributed by atoms with E-state index in [2.05, 4.69) is 4.98 Å². The van der Waals surface area contributed by atoms with Gasteiger partial charge in [0.05, 0.1) is 16.0 Å². The van der Waals surface area contributed by atoms with Crippen molar-refractivity contribution in [3.05, 3.63) is 52.5 Å². The van der Waals surface area contributed by atoms with Crippen LogP contribution < -0.4 is 9.62 Å². The number of alkyl halides is 3. The second-order valence-corrected chi connectivity index (χ2v) is 9.30. The maximum absolute atomic E-state index is 13.6. The van der Waals surface area contributed by atoms with Crippen molar-refractivity contribution in [3.8, 4) is 6.07 Å². The number of hydrogen-bond donors (Lipinski definition) is 2. The molecule has 10 nitrogen and oxygen atoms in total. The summed E-state index contributed by atoms with van der Waals surface area (Å²) in [4.78, 5) is 29.6. The second-order valence-electron chi connectivity index (χ2n) is 7.62. The quantitative estimate of drug-likeness (QED) is 0.563. The first kappa shape index (κ1) is 26.7. The number of nitrogens with zero attached hydrogens (tertiary/aromatic N) is 4. The number of piperazine rings is 1. The number of carboxylic acids is 1. The Bertz CT molecular complexity index is 1330. The molecule has 1 fully saturated rings. The fourth-order valence-electron chi connectivity index (χ4n) is 3.73. The highest BCUT2D eigenvalue weighted by Crippen LogP contribution is 2.37. The van der Waals surface area contributed by atoms with Gasteiger partial charge in [-0.3, -0.25) is 0 Å². The fourth-order valence-corrected chi connectivity index (χ4v) is 4.70. The zero-order chi connectivity index (χ0) is 26.8. The number of hydrogen-bond acceptors (Lipinski definition) is 7. The minimum atomic E-state index is -5.10. The van der Waals surface area contributed by atoms with Gasteiger partial charge in [-0.1, -0.05) is 6.92 Å². The van der Waals surface area contributed by atoms with Crippen molar-refractivity contribution in [1.29, 1.82) is 5.26 Å². The molecule has 0 spiro atoms. The third-order valence-corrected chi connectivity index (χ3v) is 6.78. The first-order chi connectivity index (χ1) is 16.8. The highest BCUT2D eigenvalue weighted by Gasteiger charge is 2.41. The zero-order valence-electron chi connectivity index (χ0n) is 18.6. The Labute approximate surface area is 202 Å².